The molecule has 2 aliphatic rings. The molecule has 1 N–H and O–H groups in total. The summed E-state index contributed by atoms with van der Waals surface area (Å²) in [5.41, 5.74) is 0. The Morgan fingerprint density at radius 3 is 2.48 bits per heavy atom. The average molecular weight is 298 g/mol. The van der Waals surface area contributed by atoms with Crippen LogP contribution in [0.25, 0.3) is 0 Å². The molecule has 2 atom stereocenters. The van der Waals surface area contributed by atoms with Crippen LogP contribution in [0.3, 0.4) is 0 Å². The predicted molar refractivity (Wildman–Crippen MR) is 78.1 cm³/mol. The van der Waals surface area contributed by atoms with Crippen molar-refractivity contribution in [1.82, 2.24) is 9.80 Å². The van der Waals surface area contributed by atoms with Gasteiger partial charge in [0.2, 0.25) is 0 Å². The first-order chi connectivity index (χ1) is 10.1. The predicted octanol–water partition coefficient (Wildman–Crippen LogP) is 1.79. The van der Waals surface area contributed by atoms with Crippen LogP contribution in [0.5, 0.6) is 0 Å². The molecule has 1 heterocycles. The van der Waals surface area contributed by atoms with Gasteiger partial charge >= 0.3 is 12.0 Å². The van der Waals surface area contributed by atoms with Crippen molar-refractivity contribution in [2.75, 3.05) is 26.8 Å². The van der Waals surface area contributed by atoms with Crippen molar-refractivity contribution in [2.45, 2.75) is 51.1 Å². The summed E-state index contributed by atoms with van der Waals surface area (Å²) >= 11 is 0. The van der Waals surface area contributed by atoms with E-state index in [0.717, 1.165) is 19.3 Å². The van der Waals surface area contributed by atoms with E-state index < -0.39 is 11.9 Å². The first-order valence-electron chi connectivity index (χ1n) is 7.90. The molecule has 2 unspecified atom stereocenters. The fourth-order valence-corrected chi connectivity index (χ4v) is 3.38. The SMILES string of the molecule is CCCN(C(=O)N(C)C1CCCC1)C1COCC1C(=O)O. The van der Waals surface area contributed by atoms with Crippen molar-refractivity contribution < 1.29 is 19.4 Å². The lowest BCUT2D eigenvalue weighted by Crippen LogP contribution is -2.53. The quantitative estimate of drug-likeness (QED) is 0.840. The Balaban J connectivity index is 2.09. The standard InChI is InChI=1S/C15H26N2O4/c1-3-8-17(13-10-21-9-12(13)14(18)19)15(20)16(2)11-6-4-5-7-11/h11-13H,3-10H2,1-2H3,(H,18,19). The van der Waals surface area contributed by atoms with Crippen molar-refractivity contribution in [1.29, 1.82) is 0 Å². The monoisotopic (exact) mass is 298 g/mol. The Kier molecular flexibility index (Phi) is 5.45. The lowest BCUT2D eigenvalue weighted by Gasteiger charge is -2.36. The molecule has 6 heteroatoms. The molecular formula is C15H26N2O4. The van der Waals surface area contributed by atoms with Crippen LogP contribution in [0.15, 0.2) is 0 Å². The third-order valence-electron chi connectivity index (χ3n) is 4.65. The van der Waals surface area contributed by atoms with E-state index in [-0.39, 0.29) is 18.7 Å². The van der Waals surface area contributed by atoms with Crippen molar-refractivity contribution >= 4 is 12.0 Å². The number of carbonyl (C=O) groups excluding carboxylic acids is 1. The van der Waals surface area contributed by atoms with E-state index in [1.807, 2.05) is 14.0 Å². The van der Waals surface area contributed by atoms with Crippen LogP contribution in [-0.2, 0) is 9.53 Å². The van der Waals surface area contributed by atoms with E-state index in [2.05, 4.69) is 0 Å². The number of amides is 2. The Bertz CT molecular complexity index is 382. The Morgan fingerprint density at radius 1 is 1.24 bits per heavy atom. The minimum absolute atomic E-state index is 0.0505. The molecule has 120 valence electrons. The largest absolute Gasteiger partial charge is 0.481 e. The maximum Gasteiger partial charge on any atom is 0.320 e. The third kappa shape index (κ3) is 3.48. The van der Waals surface area contributed by atoms with Crippen molar-refractivity contribution in [2.24, 2.45) is 5.92 Å². The summed E-state index contributed by atoms with van der Waals surface area (Å²) in [5.74, 6) is -1.49. The number of carboxylic acids is 1. The van der Waals surface area contributed by atoms with Gasteiger partial charge in [0.1, 0.15) is 5.92 Å². The molecule has 21 heavy (non-hydrogen) atoms. The summed E-state index contributed by atoms with van der Waals surface area (Å²) in [6, 6.07) is -0.105. The number of ether oxygens (including phenoxy) is 1. The van der Waals surface area contributed by atoms with Gasteiger partial charge in [-0.15, -0.1) is 0 Å². The van der Waals surface area contributed by atoms with E-state index in [0.29, 0.717) is 19.2 Å². The number of carbonyl (C=O) groups is 2. The summed E-state index contributed by atoms with van der Waals surface area (Å²) in [5, 5.41) is 9.30. The number of carboxylic acid groups (broad SMARTS) is 1. The molecule has 0 aromatic heterocycles. The highest BCUT2D eigenvalue weighted by Gasteiger charge is 2.41. The van der Waals surface area contributed by atoms with Crippen LogP contribution in [0.2, 0.25) is 0 Å². The summed E-state index contributed by atoms with van der Waals surface area (Å²) in [4.78, 5) is 27.6. The molecule has 1 saturated carbocycles. The number of aliphatic carboxylic acids is 1. The zero-order valence-corrected chi connectivity index (χ0v) is 13.0. The van der Waals surface area contributed by atoms with Gasteiger partial charge in [0, 0.05) is 19.6 Å². The molecule has 1 aliphatic carbocycles. The van der Waals surface area contributed by atoms with Crippen LogP contribution in [0.4, 0.5) is 4.79 Å². The molecule has 0 bridgehead atoms. The lowest BCUT2D eigenvalue weighted by atomic mass is 10.0. The highest BCUT2D eigenvalue weighted by molar-refractivity contribution is 5.77. The topological polar surface area (TPSA) is 70.1 Å². The number of rotatable bonds is 5. The number of urea groups is 1. The van der Waals surface area contributed by atoms with Gasteiger partial charge in [0.05, 0.1) is 19.3 Å². The van der Waals surface area contributed by atoms with Crippen LogP contribution in [0, 0.1) is 5.92 Å². The Labute approximate surface area is 126 Å². The van der Waals surface area contributed by atoms with Crippen molar-refractivity contribution in [3.05, 3.63) is 0 Å². The van der Waals surface area contributed by atoms with Crippen LogP contribution >= 0.6 is 0 Å². The van der Waals surface area contributed by atoms with Gasteiger partial charge in [-0.1, -0.05) is 19.8 Å². The average Bonchev–Trinajstić information content (AvgIpc) is 3.13. The maximum absolute atomic E-state index is 12.8. The van der Waals surface area contributed by atoms with E-state index >= 15 is 0 Å². The van der Waals surface area contributed by atoms with Gasteiger partial charge in [0.25, 0.3) is 0 Å². The minimum atomic E-state index is -0.880. The smallest absolute Gasteiger partial charge is 0.320 e. The second-order valence-corrected chi connectivity index (χ2v) is 6.07. The maximum atomic E-state index is 12.8. The van der Waals surface area contributed by atoms with Gasteiger partial charge in [0.15, 0.2) is 0 Å². The second kappa shape index (κ2) is 7.11. The van der Waals surface area contributed by atoms with E-state index in [1.54, 1.807) is 9.80 Å². The fraction of sp³-hybridized carbons (Fsp3) is 0.867. The lowest BCUT2D eigenvalue weighted by molar-refractivity contribution is -0.142. The van der Waals surface area contributed by atoms with Crippen LogP contribution in [-0.4, -0.2) is 65.8 Å². The van der Waals surface area contributed by atoms with E-state index in [1.165, 1.54) is 12.8 Å². The first kappa shape index (κ1) is 16.1. The normalized spacial score (nSPS) is 26.0. The molecule has 2 amide bonds. The summed E-state index contributed by atoms with van der Waals surface area (Å²) in [6.07, 6.45) is 5.24. The zero-order chi connectivity index (χ0) is 15.4. The third-order valence-corrected chi connectivity index (χ3v) is 4.65. The molecule has 2 fully saturated rings. The molecule has 1 aliphatic heterocycles. The molecule has 2 rings (SSSR count). The molecular weight excluding hydrogens is 272 g/mol. The second-order valence-electron chi connectivity index (χ2n) is 6.07. The molecule has 0 radical (unpaired) electrons. The summed E-state index contributed by atoms with van der Waals surface area (Å²) < 4.78 is 5.32. The molecule has 0 aromatic rings. The summed E-state index contributed by atoms with van der Waals surface area (Å²) in [6.45, 7) is 3.09. The fourth-order valence-electron chi connectivity index (χ4n) is 3.38. The molecule has 0 aromatic carbocycles. The number of nitrogens with zero attached hydrogens (tertiary/aromatic N) is 2. The van der Waals surface area contributed by atoms with Gasteiger partial charge in [-0.25, -0.2) is 4.79 Å². The van der Waals surface area contributed by atoms with Crippen molar-refractivity contribution in [3.8, 4) is 0 Å². The van der Waals surface area contributed by atoms with Crippen molar-refractivity contribution in [3.63, 3.8) is 0 Å². The van der Waals surface area contributed by atoms with Crippen LogP contribution in [0.1, 0.15) is 39.0 Å². The number of hydrogen-bond donors (Lipinski definition) is 1. The van der Waals surface area contributed by atoms with Gasteiger partial charge in [-0.3, -0.25) is 4.79 Å². The van der Waals surface area contributed by atoms with E-state index in [9.17, 15) is 14.7 Å². The minimum Gasteiger partial charge on any atom is -0.481 e. The van der Waals surface area contributed by atoms with E-state index in [4.69, 9.17) is 4.74 Å². The molecule has 0 spiro atoms. The Morgan fingerprint density at radius 2 is 1.90 bits per heavy atom. The van der Waals surface area contributed by atoms with Crippen LogP contribution < -0.4 is 0 Å². The summed E-state index contributed by atoms with van der Waals surface area (Å²) in [7, 11) is 1.84. The van der Waals surface area contributed by atoms with Gasteiger partial charge in [-0.05, 0) is 19.3 Å². The first-order valence-corrected chi connectivity index (χ1v) is 7.90. The molecule has 6 nitrogen and oxygen atoms in total. The Hall–Kier alpha value is -1.30. The number of hydrogen-bond acceptors (Lipinski definition) is 3. The highest BCUT2D eigenvalue weighted by atomic mass is 16.5. The van der Waals surface area contributed by atoms with Gasteiger partial charge < -0.3 is 19.6 Å². The highest BCUT2D eigenvalue weighted by Crippen LogP contribution is 2.26. The zero-order valence-electron chi connectivity index (χ0n) is 13.0. The molecule has 1 saturated heterocycles. The van der Waals surface area contributed by atoms with Gasteiger partial charge in [-0.2, -0.15) is 0 Å².